The van der Waals surface area contributed by atoms with Crippen molar-refractivity contribution in [3.05, 3.63) is 53.0 Å². The summed E-state index contributed by atoms with van der Waals surface area (Å²) in [6.07, 6.45) is 1.71. The lowest BCUT2D eigenvalue weighted by molar-refractivity contribution is -0.127. The summed E-state index contributed by atoms with van der Waals surface area (Å²) in [6, 6.07) is 0.608. The highest BCUT2D eigenvalue weighted by molar-refractivity contribution is 6.00. The molecule has 0 radical (unpaired) electrons. The fourth-order valence-electron chi connectivity index (χ4n) is 5.01. The third-order valence-electron chi connectivity index (χ3n) is 6.70. The second-order valence-electron chi connectivity index (χ2n) is 8.89. The lowest BCUT2D eigenvalue weighted by atomic mass is 10.1. The lowest BCUT2D eigenvalue weighted by Gasteiger charge is -2.22. The van der Waals surface area contributed by atoms with Crippen molar-refractivity contribution in [3.63, 3.8) is 0 Å². The van der Waals surface area contributed by atoms with Crippen LogP contribution in [0.1, 0.15) is 46.8 Å². The van der Waals surface area contributed by atoms with Crippen molar-refractivity contribution in [1.82, 2.24) is 24.2 Å². The largest absolute Gasteiger partial charge is 0.383 e. The fraction of sp³-hybridized carbons (Fsp3) is 0.385. The first-order valence-corrected chi connectivity index (χ1v) is 12.1. The lowest BCUT2D eigenvalue weighted by Crippen LogP contribution is -2.37. The summed E-state index contributed by atoms with van der Waals surface area (Å²) in [7, 11) is 3.13. The number of amides is 2. The highest BCUT2D eigenvalue weighted by Gasteiger charge is 2.37. The van der Waals surface area contributed by atoms with Crippen LogP contribution in [0.3, 0.4) is 0 Å². The molecule has 10 nitrogen and oxygen atoms in total. The number of likely N-dealkylation sites (tertiary alicyclic amines) is 1. The molecule has 2 aromatic heterocycles. The number of carbonyl (C=O) groups excluding carboxylic acids is 2. The number of hydrogen-bond acceptors (Lipinski definition) is 6. The average molecular weight is 526 g/mol. The monoisotopic (exact) mass is 525 g/mol. The highest BCUT2D eigenvalue weighted by atomic mass is 19.1. The van der Waals surface area contributed by atoms with Gasteiger partial charge in [0.2, 0.25) is 5.91 Å². The Kier molecular flexibility index (Phi) is 7.50. The number of primary amides is 1. The van der Waals surface area contributed by atoms with Gasteiger partial charge >= 0.3 is 0 Å². The molecule has 3 aromatic rings. The van der Waals surface area contributed by atoms with Gasteiger partial charge in [0.25, 0.3) is 5.91 Å². The van der Waals surface area contributed by atoms with Gasteiger partial charge in [0.1, 0.15) is 28.5 Å². The zero-order valence-corrected chi connectivity index (χ0v) is 21.6. The van der Waals surface area contributed by atoms with E-state index in [1.165, 1.54) is 16.8 Å². The van der Waals surface area contributed by atoms with E-state index in [9.17, 15) is 14.0 Å². The van der Waals surface area contributed by atoms with Crippen LogP contribution in [0, 0.1) is 30.4 Å². The topological polar surface area (TPSA) is 120 Å². The van der Waals surface area contributed by atoms with E-state index in [1.807, 2.05) is 6.92 Å². The molecule has 12 heteroatoms. The van der Waals surface area contributed by atoms with Gasteiger partial charge in [-0.15, -0.1) is 0 Å². The van der Waals surface area contributed by atoms with E-state index >= 15 is 4.39 Å². The Morgan fingerprint density at radius 3 is 2.71 bits per heavy atom. The molecular weight excluding hydrogens is 496 g/mol. The summed E-state index contributed by atoms with van der Waals surface area (Å²) in [4.78, 5) is 30.7. The second kappa shape index (κ2) is 10.6. The van der Waals surface area contributed by atoms with Crippen molar-refractivity contribution < 1.29 is 23.1 Å². The summed E-state index contributed by atoms with van der Waals surface area (Å²) in [6.45, 7) is 8.20. The molecule has 0 aliphatic carbocycles. The Morgan fingerprint density at radius 2 is 2.11 bits per heavy atom. The van der Waals surface area contributed by atoms with Gasteiger partial charge in [0.15, 0.2) is 11.5 Å². The van der Waals surface area contributed by atoms with Crippen LogP contribution in [-0.4, -0.2) is 69.4 Å². The normalized spacial score (nSPS) is 16.9. The molecule has 1 aliphatic heterocycles. The van der Waals surface area contributed by atoms with Crippen LogP contribution in [0.5, 0.6) is 0 Å². The number of halogens is 2. The average Bonchev–Trinajstić information content (AvgIpc) is 3.56. The standard InChI is InChI=1S/C26H29F2N7O3/c1-6-21(36)34-12-15(10-16(34)13-38-5)35-26(30-4)22(25(29)37)19(32-35)9-8-17-18(27)11-20-24(23(17)28)31-14(3)33(20)7-2/h6,11,15-16,30H,1,7,10,12-13H2,2-5H3,(H2,29,37)/t15-,16+/m0/s1. The molecule has 2 atom stereocenters. The summed E-state index contributed by atoms with van der Waals surface area (Å²) < 4.78 is 38.7. The summed E-state index contributed by atoms with van der Waals surface area (Å²) in [5, 5.41) is 7.40. The smallest absolute Gasteiger partial charge is 0.255 e. The number of nitrogens with one attached hydrogen (secondary N) is 1. The van der Waals surface area contributed by atoms with Gasteiger partial charge in [-0.3, -0.25) is 9.59 Å². The van der Waals surface area contributed by atoms with Gasteiger partial charge < -0.3 is 25.3 Å². The molecule has 1 aromatic carbocycles. The number of anilines is 1. The number of aromatic nitrogens is 4. The van der Waals surface area contributed by atoms with E-state index in [0.717, 1.165) is 0 Å². The Labute approximate surface area is 218 Å². The van der Waals surface area contributed by atoms with E-state index in [4.69, 9.17) is 10.5 Å². The molecule has 0 spiro atoms. The van der Waals surface area contributed by atoms with Gasteiger partial charge in [0.05, 0.1) is 29.8 Å². The number of benzene rings is 1. The minimum Gasteiger partial charge on any atom is -0.383 e. The predicted octanol–water partition coefficient (Wildman–Crippen LogP) is 2.35. The number of nitrogens with zero attached hydrogens (tertiary/aromatic N) is 5. The number of carbonyl (C=O) groups is 2. The number of ether oxygens (including phenoxy) is 1. The Balaban J connectivity index is 1.80. The number of rotatable bonds is 7. The Bertz CT molecular complexity index is 1500. The predicted molar refractivity (Wildman–Crippen MR) is 138 cm³/mol. The first-order chi connectivity index (χ1) is 18.2. The first-order valence-electron chi connectivity index (χ1n) is 12.1. The number of fused-ring (bicyclic) bond motifs is 1. The van der Waals surface area contributed by atoms with Gasteiger partial charge in [0, 0.05) is 33.3 Å². The molecule has 38 heavy (non-hydrogen) atoms. The maximum atomic E-state index is 15.3. The molecule has 0 saturated carbocycles. The molecule has 2 amide bonds. The molecule has 1 aliphatic rings. The SMILES string of the molecule is C=CC(=O)N1C[C@@H](n2nc(C#Cc3c(F)cc4c(nc(C)n4CC)c3F)c(C(N)=O)c2NC)C[C@@H]1COC. The van der Waals surface area contributed by atoms with E-state index in [2.05, 4.69) is 33.8 Å². The molecule has 0 bridgehead atoms. The molecule has 0 unspecified atom stereocenters. The molecule has 3 N–H and O–H groups in total. The minimum absolute atomic E-state index is 0.00809. The van der Waals surface area contributed by atoms with Crippen molar-refractivity contribution in [2.45, 2.75) is 38.9 Å². The van der Waals surface area contributed by atoms with Crippen LogP contribution in [-0.2, 0) is 16.1 Å². The molecule has 4 rings (SSSR count). The van der Waals surface area contributed by atoms with Gasteiger partial charge in [-0.1, -0.05) is 12.5 Å². The van der Waals surface area contributed by atoms with Crippen LogP contribution in [0.2, 0.25) is 0 Å². The number of imidazole rings is 1. The minimum atomic E-state index is -0.895. The van der Waals surface area contributed by atoms with E-state index in [0.29, 0.717) is 30.9 Å². The van der Waals surface area contributed by atoms with Crippen molar-refractivity contribution in [3.8, 4) is 11.8 Å². The maximum Gasteiger partial charge on any atom is 0.255 e. The summed E-state index contributed by atoms with van der Waals surface area (Å²) in [5.41, 5.74) is 5.43. The summed E-state index contributed by atoms with van der Waals surface area (Å²) >= 11 is 0. The summed E-state index contributed by atoms with van der Waals surface area (Å²) in [5.74, 6) is 3.13. The second-order valence-corrected chi connectivity index (χ2v) is 8.89. The zero-order valence-electron chi connectivity index (χ0n) is 21.6. The van der Waals surface area contributed by atoms with Crippen LogP contribution in [0.25, 0.3) is 11.0 Å². The Hall–Kier alpha value is -4.24. The molecule has 200 valence electrons. The van der Waals surface area contributed by atoms with Crippen molar-refractivity contribution in [2.75, 3.05) is 32.6 Å². The zero-order chi connectivity index (χ0) is 27.7. The highest BCUT2D eigenvalue weighted by Crippen LogP contribution is 2.32. The number of aryl methyl sites for hydroxylation is 2. The number of nitrogens with two attached hydrogens (primary N) is 1. The molecule has 1 saturated heterocycles. The van der Waals surface area contributed by atoms with Gasteiger partial charge in [-0.2, -0.15) is 5.10 Å². The third kappa shape index (κ3) is 4.50. The van der Waals surface area contributed by atoms with E-state index in [-0.39, 0.29) is 47.1 Å². The third-order valence-corrected chi connectivity index (χ3v) is 6.70. The fourth-order valence-corrected chi connectivity index (χ4v) is 5.01. The Morgan fingerprint density at radius 1 is 1.37 bits per heavy atom. The van der Waals surface area contributed by atoms with E-state index in [1.54, 1.807) is 30.5 Å². The number of hydrogen-bond donors (Lipinski definition) is 2. The first kappa shape index (κ1) is 26.8. The van der Waals surface area contributed by atoms with Crippen LogP contribution in [0.15, 0.2) is 18.7 Å². The van der Waals surface area contributed by atoms with Crippen LogP contribution >= 0.6 is 0 Å². The maximum absolute atomic E-state index is 15.3. The van der Waals surface area contributed by atoms with Crippen molar-refractivity contribution in [1.29, 1.82) is 0 Å². The van der Waals surface area contributed by atoms with Crippen LogP contribution < -0.4 is 11.1 Å². The van der Waals surface area contributed by atoms with Crippen LogP contribution in [0.4, 0.5) is 14.6 Å². The number of methoxy groups -OCH3 is 1. The van der Waals surface area contributed by atoms with Crippen molar-refractivity contribution >= 4 is 28.7 Å². The van der Waals surface area contributed by atoms with Gasteiger partial charge in [-0.05, 0) is 32.3 Å². The molecule has 3 heterocycles. The molecule has 1 fully saturated rings. The van der Waals surface area contributed by atoms with E-state index < -0.39 is 23.1 Å². The quantitative estimate of drug-likeness (QED) is 0.361. The molecular formula is C26H29F2N7O3. The van der Waals surface area contributed by atoms with Gasteiger partial charge in [-0.25, -0.2) is 18.4 Å². The van der Waals surface area contributed by atoms with Crippen molar-refractivity contribution in [2.24, 2.45) is 5.73 Å².